The van der Waals surface area contributed by atoms with Crippen molar-refractivity contribution in [3.05, 3.63) is 24.3 Å². The predicted molar refractivity (Wildman–Crippen MR) is 73.9 cm³/mol. The normalized spacial score (nSPS) is 10.3. The van der Waals surface area contributed by atoms with Crippen molar-refractivity contribution < 1.29 is 4.79 Å². The molecule has 0 aliphatic rings. The van der Waals surface area contributed by atoms with Crippen molar-refractivity contribution >= 4 is 5.91 Å². The van der Waals surface area contributed by atoms with Gasteiger partial charge in [-0.3, -0.25) is 4.79 Å². The Labute approximate surface area is 110 Å². The zero-order valence-electron chi connectivity index (χ0n) is 12.2. The maximum absolute atomic E-state index is 11.9. The molecule has 1 rings (SSSR count). The number of carbonyl (C=O) groups is 1. The van der Waals surface area contributed by atoms with Crippen molar-refractivity contribution in [2.75, 3.05) is 0 Å². The number of aromatic nitrogens is 2. The monoisotopic (exact) mass is 251 g/mol. The molecule has 0 spiro atoms. The summed E-state index contributed by atoms with van der Waals surface area (Å²) in [6.07, 6.45) is 6.80. The molecule has 102 valence electrons. The van der Waals surface area contributed by atoms with E-state index in [0.29, 0.717) is 6.54 Å². The molecule has 0 aliphatic heterocycles. The van der Waals surface area contributed by atoms with Crippen LogP contribution in [0.3, 0.4) is 0 Å². The van der Waals surface area contributed by atoms with Crippen LogP contribution in [0.4, 0.5) is 0 Å². The number of amides is 1. The van der Waals surface area contributed by atoms with Gasteiger partial charge < -0.3 is 5.32 Å². The SMILES string of the molecule is CC.CCCC(C)(C)C(=O)NCc1cncnc1. The highest BCUT2D eigenvalue weighted by atomic mass is 16.2. The smallest absolute Gasteiger partial charge is 0.225 e. The summed E-state index contributed by atoms with van der Waals surface area (Å²) in [5.41, 5.74) is 0.618. The minimum absolute atomic E-state index is 0.0817. The number of nitrogens with zero attached hydrogens (tertiary/aromatic N) is 2. The molecule has 0 atom stereocenters. The molecule has 1 aromatic heterocycles. The summed E-state index contributed by atoms with van der Waals surface area (Å²) < 4.78 is 0. The molecule has 1 heterocycles. The topological polar surface area (TPSA) is 54.9 Å². The Bertz CT molecular complexity index is 336. The molecule has 0 fully saturated rings. The number of nitrogens with one attached hydrogen (secondary N) is 1. The standard InChI is InChI=1S/C12H19N3O.C2H6/c1-4-5-12(2,3)11(16)15-8-10-6-13-9-14-7-10;1-2/h6-7,9H,4-5,8H2,1-3H3,(H,15,16);1-2H3. The van der Waals surface area contributed by atoms with E-state index in [2.05, 4.69) is 22.2 Å². The first kappa shape index (κ1) is 16.6. The Morgan fingerprint density at radius 1 is 1.28 bits per heavy atom. The molecule has 1 N–H and O–H groups in total. The molecule has 4 heteroatoms. The number of carbonyl (C=O) groups excluding carboxylic acids is 1. The summed E-state index contributed by atoms with van der Waals surface area (Å²) in [6, 6.07) is 0. The van der Waals surface area contributed by atoms with Crippen LogP contribution < -0.4 is 5.32 Å². The molecule has 0 aliphatic carbocycles. The summed E-state index contributed by atoms with van der Waals surface area (Å²) in [6.45, 7) is 10.5. The predicted octanol–water partition coefficient (Wildman–Crippen LogP) is 2.95. The Balaban J connectivity index is 0.00000137. The zero-order valence-corrected chi connectivity index (χ0v) is 12.2. The van der Waals surface area contributed by atoms with Crippen LogP contribution in [0.25, 0.3) is 0 Å². The molecular formula is C14H25N3O. The largest absolute Gasteiger partial charge is 0.351 e. The van der Waals surface area contributed by atoms with Crippen molar-refractivity contribution in [2.24, 2.45) is 5.41 Å². The van der Waals surface area contributed by atoms with E-state index < -0.39 is 0 Å². The third-order valence-corrected chi connectivity index (χ3v) is 2.56. The second kappa shape index (κ2) is 8.61. The fourth-order valence-corrected chi connectivity index (χ4v) is 1.58. The molecule has 0 saturated heterocycles. The van der Waals surface area contributed by atoms with Crippen LogP contribution in [0.1, 0.15) is 53.0 Å². The first-order valence-electron chi connectivity index (χ1n) is 6.58. The van der Waals surface area contributed by atoms with Gasteiger partial charge in [0.05, 0.1) is 0 Å². The highest BCUT2D eigenvalue weighted by molar-refractivity contribution is 5.81. The minimum Gasteiger partial charge on any atom is -0.351 e. The lowest BCUT2D eigenvalue weighted by Gasteiger charge is -2.22. The van der Waals surface area contributed by atoms with Crippen molar-refractivity contribution in [2.45, 2.75) is 54.0 Å². The lowest BCUT2D eigenvalue weighted by molar-refractivity contribution is -0.129. The first-order valence-corrected chi connectivity index (χ1v) is 6.58. The van der Waals surface area contributed by atoms with Crippen LogP contribution >= 0.6 is 0 Å². The summed E-state index contributed by atoms with van der Waals surface area (Å²) >= 11 is 0. The zero-order chi connectivity index (χ0) is 14.0. The van der Waals surface area contributed by atoms with Crippen LogP contribution in [0.2, 0.25) is 0 Å². The fraction of sp³-hybridized carbons (Fsp3) is 0.643. The first-order chi connectivity index (χ1) is 8.56. The van der Waals surface area contributed by atoms with E-state index in [1.165, 1.54) is 6.33 Å². The molecule has 1 amide bonds. The van der Waals surface area contributed by atoms with E-state index in [0.717, 1.165) is 18.4 Å². The lowest BCUT2D eigenvalue weighted by atomic mass is 9.87. The molecule has 0 saturated carbocycles. The number of hydrogen-bond acceptors (Lipinski definition) is 3. The van der Waals surface area contributed by atoms with Crippen LogP contribution in [-0.2, 0) is 11.3 Å². The molecule has 0 bridgehead atoms. The highest BCUT2D eigenvalue weighted by Crippen LogP contribution is 2.22. The summed E-state index contributed by atoms with van der Waals surface area (Å²) in [7, 11) is 0. The van der Waals surface area contributed by atoms with E-state index in [9.17, 15) is 4.79 Å². The van der Waals surface area contributed by atoms with Crippen LogP contribution in [0.5, 0.6) is 0 Å². The van der Waals surface area contributed by atoms with Gasteiger partial charge in [0.25, 0.3) is 0 Å². The maximum atomic E-state index is 11.9. The van der Waals surface area contributed by atoms with E-state index in [4.69, 9.17) is 0 Å². The van der Waals surface area contributed by atoms with Gasteiger partial charge >= 0.3 is 0 Å². The molecular weight excluding hydrogens is 226 g/mol. The molecule has 1 aromatic rings. The maximum Gasteiger partial charge on any atom is 0.225 e. The minimum atomic E-state index is -0.301. The van der Waals surface area contributed by atoms with Crippen molar-refractivity contribution in [3.63, 3.8) is 0 Å². The Morgan fingerprint density at radius 2 is 1.83 bits per heavy atom. The molecule has 18 heavy (non-hydrogen) atoms. The van der Waals surface area contributed by atoms with Gasteiger partial charge in [0, 0.05) is 29.9 Å². The Kier molecular flexibility index (Phi) is 7.92. The fourth-order valence-electron chi connectivity index (χ4n) is 1.58. The molecule has 0 unspecified atom stereocenters. The van der Waals surface area contributed by atoms with Gasteiger partial charge in [0.2, 0.25) is 5.91 Å². The number of hydrogen-bond donors (Lipinski definition) is 1. The van der Waals surface area contributed by atoms with Gasteiger partial charge in [-0.1, -0.05) is 41.0 Å². The molecule has 0 radical (unpaired) electrons. The van der Waals surface area contributed by atoms with Gasteiger partial charge in [-0.2, -0.15) is 0 Å². The second-order valence-corrected chi connectivity index (χ2v) is 4.56. The summed E-state index contributed by atoms with van der Waals surface area (Å²) in [4.78, 5) is 19.7. The Hall–Kier alpha value is -1.45. The highest BCUT2D eigenvalue weighted by Gasteiger charge is 2.25. The van der Waals surface area contributed by atoms with E-state index in [1.807, 2.05) is 27.7 Å². The average Bonchev–Trinajstić information content (AvgIpc) is 2.39. The average molecular weight is 251 g/mol. The third kappa shape index (κ3) is 5.75. The van der Waals surface area contributed by atoms with Gasteiger partial charge in [0.15, 0.2) is 0 Å². The lowest BCUT2D eigenvalue weighted by Crippen LogP contribution is -2.36. The molecule has 0 aromatic carbocycles. The van der Waals surface area contributed by atoms with Crippen LogP contribution in [0.15, 0.2) is 18.7 Å². The van der Waals surface area contributed by atoms with Crippen molar-refractivity contribution in [1.29, 1.82) is 0 Å². The Morgan fingerprint density at radius 3 is 2.33 bits per heavy atom. The summed E-state index contributed by atoms with van der Waals surface area (Å²) in [5, 5.41) is 2.91. The van der Waals surface area contributed by atoms with Gasteiger partial charge in [-0.15, -0.1) is 0 Å². The van der Waals surface area contributed by atoms with Crippen molar-refractivity contribution in [3.8, 4) is 0 Å². The summed E-state index contributed by atoms with van der Waals surface area (Å²) in [5.74, 6) is 0.0817. The van der Waals surface area contributed by atoms with Gasteiger partial charge in [-0.25, -0.2) is 9.97 Å². The van der Waals surface area contributed by atoms with Crippen molar-refractivity contribution in [1.82, 2.24) is 15.3 Å². The van der Waals surface area contributed by atoms with Gasteiger partial charge in [-0.05, 0) is 6.42 Å². The number of rotatable bonds is 5. The molecule has 4 nitrogen and oxygen atoms in total. The van der Waals surface area contributed by atoms with Crippen LogP contribution in [-0.4, -0.2) is 15.9 Å². The third-order valence-electron chi connectivity index (χ3n) is 2.56. The van der Waals surface area contributed by atoms with E-state index >= 15 is 0 Å². The van der Waals surface area contributed by atoms with E-state index in [-0.39, 0.29) is 11.3 Å². The van der Waals surface area contributed by atoms with Crippen LogP contribution in [0, 0.1) is 5.41 Å². The van der Waals surface area contributed by atoms with E-state index in [1.54, 1.807) is 12.4 Å². The quantitative estimate of drug-likeness (QED) is 0.875. The second-order valence-electron chi connectivity index (χ2n) is 4.56. The van der Waals surface area contributed by atoms with Gasteiger partial charge in [0.1, 0.15) is 6.33 Å².